The number of ether oxygens (including phenoxy) is 1. The van der Waals surface area contributed by atoms with Gasteiger partial charge in [0, 0.05) is 13.1 Å². The Labute approximate surface area is 160 Å². The summed E-state index contributed by atoms with van der Waals surface area (Å²) < 4.78 is 34.5. The number of nitrogens with one attached hydrogen (secondary N) is 1. The van der Waals surface area contributed by atoms with E-state index in [4.69, 9.17) is 4.74 Å². The van der Waals surface area contributed by atoms with Crippen LogP contribution in [-0.2, 0) is 23.0 Å². The van der Waals surface area contributed by atoms with E-state index in [1.807, 2.05) is 55.5 Å². The van der Waals surface area contributed by atoms with Crippen molar-refractivity contribution in [3.63, 3.8) is 0 Å². The van der Waals surface area contributed by atoms with Gasteiger partial charge in [0.2, 0.25) is 10.0 Å². The lowest BCUT2D eigenvalue weighted by Gasteiger charge is -2.09. The lowest BCUT2D eigenvalue weighted by molar-refractivity contribution is 0.414. The van der Waals surface area contributed by atoms with E-state index in [0.29, 0.717) is 19.4 Å². The molecule has 7 heteroatoms. The minimum Gasteiger partial charge on any atom is -0.497 e. The largest absolute Gasteiger partial charge is 0.497 e. The molecule has 27 heavy (non-hydrogen) atoms. The summed E-state index contributed by atoms with van der Waals surface area (Å²) in [6.07, 6.45) is 1.16. The number of nitrogens with zero attached hydrogens (tertiary/aromatic N) is 2. The predicted molar refractivity (Wildman–Crippen MR) is 108 cm³/mol. The number of methoxy groups -OCH3 is 1. The predicted octanol–water partition coefficient (Wildman–Crippen LogP) is 2.91. The summed E-state index contributed by atoms with van der Waals surface area (Å²) in [5, 5.41) is 0. The van der Waals surface area contributed by atoms with Crippen molar-refractivity contribution < 1.29 is 13.2 Å². The van der Waals surface area contributed by atoms with Gasteiger partial charge in [-0.05, 0) is 49.6 Å². The fourth-order valence-electron chi connectivity index (χ4n) is 3.10. The molecule has 144 valence electrons. The standard InChI is InChI=1S/C20H25N3O3S/c1-16-22-19-9-3-4-10-20(19)23(16)13-6-12-21-27(24,25)14-11-17-7-5-8-18(15-17)26-2/h3-5,7-10,15,21H,6,11-14H2,1-2H3. The summed E-state index contributed by atoms with van der Waals surface area (Å²) in [6, 6.07) is 15.5. The van der Waals surface area contributed by atoms with Crippen LogP contribution in [-0.4, -0.2) is 37.4 Å². The molecule has 1 aromatic heterocycles. The molecule has 0 radical (unpaired) electrons. The highest BCUT2D eigenvalue weighted by Gasteiger charge is 2.11. The van der Waals surface area contributed by atoms with Crippen molar-refractivity contribution >= 4 is 21.1 Å². The first-order chi connectivity index (χ1) is 13.0. The maximum absolute atomic E-state index is 12.2. The highest BCUT2D eigenvalue weighted by molar-refractivity contribution is 7.89. The lowest BCUT2D eigenvalue weighted by atomic mass is 10.2. The minimum absolute atomic E-state index is 0.0627. The number of hydrogen-bond donors (Lipinski definition) is 1. The number of benzene rings is 2. The number of sulfonamides is 1. The van der Waals surface area contributed by atoms with Crippen LogP contribution in [0, 0.1) is 6.92 Å². The number of aromatic nitrogens is 2. The Balaban J connectivity index is 1.49. The van der Waals surface area contributed by atoms with Crippen LogP contribution in [0.1, 0.15) is 17.8 Å². The molecule has 0 aliphatic heterocycles. The topological polar surface area (TPSA) is 73.2 Å². The third-order valence-corrected chi connectivity index (χ3v) is 5.91. The molecule has 1 heterocycles. The van der Waals surface area contributed by atoms with Crippen molar-refractivity contribution in [2.24, 2.45) is 0 Å². The lowest BCUT2D eigenvalue weighted by Crippen LogP contribution is -2.28. The number of para-hydroxylation sites is 2. The molecule has 0 fully saturated rings. The van der Waals surface area contributed by atoms with Crippen LogP contribution in [0.4, 0.5) is 0 Å². The van der Waals surface area contributed by atoms with Gasteiger partial charge < -0.3 is 9.30 Å². The summed E-state index contributed by atoms with van der Waals surface area (Å²) >= 11 is 0. The van der Waals surface area contributed by atoms with Gasteiger partial charge in [0.15, 0.2) is 0 Å². The summed E-state index contributed by atoms with van der Waals surface area (Å²) in [5.41, 5.74) is 2.99. The number of hydrogen-bond acceptors (Lipinski definition) is 4. The minimum atomic E-state index is -3.31. The average molecular weight is 388 g/mol. The SMILES string of the molecule is COc1cccc(CCS(=O)(=O)NCCCn2c(C)nc3ccccc32)c1. The molecule has 0 aliphatic rings. The van der Waals surface area contributed by atoms with E-state index in [-0.39, 0.29) is 5.75 Å². The first-order valence-electron chi connectivity index (χ1n) is 9.00. The number of rotatable bonds is 9. The smallest absolute Gasteiger partial charge is 0.211 e. The third kappa shape index (κ3) is 5.08. The molecule has 3 aromatic rings. The van der Waals surface area contributed by atoms with E-state index in [9.17, 15) is 8.42 Å². The zero-order valence-corrected chi connectivity index (χ0v) is 16.5. The summed E-state index contributed by atoms with van der Waals surface area (Å²) in [5.74, 6) is 1.74. The Bertz CT molecular complexity index is 1010. The van der Waals surface area contributed by atoms with Gasteiger partial charge in [-0.1, -0.05) is 24.3 Å². The van der Waals surface area contributed by atoms with Crippen LogP contribution >= 0.6 is 0 Å². The van der Waals surface area contributed by atoms with Crippen molar-refractivity contribution in [2.75, 3.05) is 19.4 Å². The van der Waals surface area contributed by atoms with Gasteiger partial charge in [-0.3, -0.25) is 0 Å². The fraction of sp³-hybridized carbons (Fsp3) is 0.350. The molecular weight excluding hydrogens is 362 g/mol. The number of aryl methyl sites for hydroxylation is 3. The maximum Gasteiger partial charge on any atom is 0.211 e. The van der Waals surface area contributed by atoms with E-state index in [0.717, 1.165) is 34.7 Å². The van der Waals surface area contributed by atoms with Gasteiger partial charge in [-0.25, -0.2) is 18.1 Å². The Morgan fingerprint density at radius 2 is 1.96 bits per heavy atom. The Morgan fingerprint density at radius 1 is 1.15 bits per heavy atom. The van der Waals surface area contributed by atoms with Gasteiger partial charge in [-0.2, -0.15) is 0 Å². The second kappa shape index (κ2) is 8.54. The number of imidazole rings is 1. The van der Waals surface area contributed by atoms with Crippen LogP contribution in [0.15, 0.2) is 48.5 Å². The van der Waals surface area contributed by atoms with Crippen LogP contribution in [0.25, 0.3) is 11.0 Å². The highest BCUT2D eigenvalue weighted by atomic mass is 32.2. The number of fused-ring (bicyclic) bond motifs is 1. The molecule has 0 saturated heterocycles. The molecule has 0 atom stereocenters. The van der Waals surface area contributed by atoms with Gasteiger partial charge >= 0.3 is 0 Å². The fourth-order valence-corrected chi connectivity index (χ4v) is 4.20. The molecular formula is C20H25N3O3S. The zero-order valence-electron chi connectivity index (χ0n) is 15.7. The molecule has 0 aliphatic carbocycles. The first kappa shape index (κ1) is 19.4. The third-order valence-electron chi connectivity index (χ3n) is 4.52. The second-order valence-corrected chi connectivity index (χ2v) is 8.39. The van der Waals surface area contributed by atoms with Gasteiger partial charge in [0.05, 0.1) is 23.9 Å². The van der Waals surface area contributed by atoms with Crippen LogP contribution in [0.2, 0.25) is 0 Å². The van der Waals surface area contributed by atoms with Crippen molar-refractivity contribution in [2.45, 2.75) is 26.3 Å². The second-order valence-electron chi connectivity index (χ2n) is 6.47. The van der Waals surface area contributed by atoms with Crippen LogP contribution in [0.5, 0.6) is 5.75 Å². The molecule has 2 aromatic carbocycles. The summed E-state index contributed by atoms with van der Waals surface area (Å²) in [6.45, 7) is 3.11. The molecule has 0 unspecified atom stereocenters. The maximum atomic E-state index is 12.2. The molecule has 0 saturated carbocycles. The first-order valence-corrected chi connectivity index (χ1v) is 10.7. The van der Waals surface area contributed by atoms with Crippen molar-refractivity contribution in [3.05, 3.63) is 59.9 Å². The Morgan fingerprint density at radius 3 is 2.78 bits per heavy atom. The van der Waals surface area contributed by atoms with E-state index in [2.05, 4.69) is 14.3 Å². The Hall–Kier alpha value is -2.38. The van der Waals surface area contributed by atoms with Crippen molar-refractivity contribution in [3.8, 4) is 5.75 Å². The molecule has 6 nitrogen and oxygen atoms in total. The van der Waals surface area contributed by atoms with E-state index < -0.39 is 10.0 Å². The van der Waals surface area contributed by atoms with Gasteiger partial charge in [0.25, 0.3) is 0 Å². The monoisotopic (exact) mass is 387 g/mol. The highest BCUT2D eigenvalue weighted by Crippen LogP contribution is 2.16. The molecule has 1 N–H and O–H groups in total. The quantitative estimate of drug-likeness (QED) is 0.573. The van der Waals surface area contributed by atoms with E-state index in [1.54, 1.807) is 7.11 Å². The molecule has 0 bridgehead atoms. The van der Waals surface area contributed by atoms with Gasteiger partial charge in [-0.15, -0.1) is 0 Å². The molecule has 0 spiro atoms. The zero-order chi connectivity index (χ0) is 19.3. The Kier molecular flexibility index (Phi) is 6.13. The van der Waals surface area contributed by atoms with Crippen molar-refractivity contribution in [1.82, 2.24) is 14.3 Å². The normalized spacial score (nSPS) is 11.8. The molecule has 3 rings (SSSR count). The van der Waals surface area contributed by atoms with Crippen LogP contribution in [0.3, 0.4) is 0 Å². The summed E-state index contributed by atoms with van der Waals surface area (Å²) in [7, 11) is -1.71. The molecule has 0 amide bonds. The van der Waals surface area contributed by atoms with Gasteiger partial charge in [0.1, 0.15) is 11.6 Å². The average Bonchev–Trinajstić information content (AvgIpc) is 2.99. The van der Waals surface area contributed by atoms with E-state index in [1.165, 1.54) is 0 Å². The summed E-state index contributed by atoms with van der Waals surface area (Å²) in [4.78, 5) is 4.53. The van der Waals surface area contributed by atoms with E-state index >= 15 is 0 Å². The van der Waals surface area contributed by atoms with Crippen LogP contribution < -0.4 is 9.46 Å². The van der Waals surface area contributed by atoms with Crippen molar-refractivity contribution in [1.29, 1.82) is 0 Å².